The Hall–Kier alpha value is -1.35. The maximum Gasteiger partial charge on any atom is 0.307 e. The van der Waals surface area contributed by atoms with Crippen LogP contribution in [0.3, 0.4) is 0 Å². The van der Waals surface area contributed by atoms with E-state index in [1.807, 2.05) is 6.92 Å². The highest BCUT2D eigenvalue weighted by Crippen LogP contribution is 2.23. The van der Waals surface area contributed by atoms with E-state index >= 15 is 0 Å². The van der Waals surface area contributed by atoms with Crippen molar-refractivity contribution in [3.05, 3.63) is 34.4 Å². The summed E-state index contributed by atoms with van der Waals surface area (Å²) in [5.41, 5.74) is 5.22. The van der Waals surface area contributed by atoms with Gasteiger partial charge in [0.15, 0.2) is 0 Å². The van der Waals surface area contributed by atoms with Crippen molar-refractivity contribution >= 4 is 5.97 Å². The maximum atomic E-state index is 11.3. The monoisotopic (exact) mass is 263 g/mol. The number of hydrogen-bond acceptors (Lipinski definition) is 3. The minimum Gasteiger partial charge on any atom is -0.466 e. The third-order valence-corrected chi connectivity index (χ3v) is 3.26. The van der Waals surface area contributed by atoms with E-state index in [1.54, 1.807) is 0 Å². The Bertz CT molecular complexity index is 417. The Morgan fingerprint density at radius 2 is 1.84 bits per heavy atom. The van der Waals surface area contributed by atoms with Gasteiger partial charge in [-0.25, -0.2) is 0 Å². The van der Waals surface area contributed by atoms with Crippen LogP contribution in [0.2, 0.25) is 0 Å². The molecule has 0 heterocycles. The fourth-order valence-corrected chi connectivity index (χ4v) is 2.60. The van der Waals surface area contributed by atoms with Crippen LogP contribution in [0.1, 0.15) is 48.6 Å². The molecule has 1 unspecified atom stereocenters. The Labute approximate surface area is 116 Å². The van der Waals surface area contributed by atoms with Gasteiger partial charge in [-0.3, -0.25) is 4.79 Å². The molecular formula is C16H25NO2. The summed E-state index contributed by atoms with van der Waals surface area (Å²) in [6.07, 6.45) is 0.419. The second kappa shape index (κ2) is 7.29. The average molecular weight is 263 g/mol. The number of hydrogen-bond donors (Lipinski definition) is 1. The molecule has 1 atom stereocenters. The Morgan fingerprint density at radius 3 is 2.37 bits per heavy atom. The minimum absolute atomic E-state index is 0.139. The highest BCUT2D eigenvalue weighted by molar-refractivity contribution is 5.69. The molecule has 0 spiro atoms. The minimum atomic E-state index is -0.139. The van der Waals surface area contributed by atoms with E-state index < -0.39 is 0 Å². The van der Waals surface area contributed by atoms with Gasteiger partial charge in [-0.2, -0.15) is 0 Å². The third kappa shape index (κ3) is 4.67. The number of aryl methyl sites for hydroxylation is 3. The first kappa shape index (κ1) is 15.7. The van der Waals surface area contributed by atoms with Gasteiger partial charge in [-0.05, 0) is 51.3 Å². The normalized spacial score (nSPS) is 12.3. The highest BCUT2D eigenvalue weighted by atomic mass is 16.5. The third-order valence-electron chi connectivity index (χ3n) is 3.26. The SMILES string of the molecule is CCOC(=O)CCNC(C)c1c(C)cc(C)cc1C. The highest BCUT2D eigenvalue weighted by Gasteiger charge is 2.12. The molecule has 0 amide bonds. The molecule has 106 valence electrons. The van der Waals surface area contributed by atoms with Gasteiger partial charge in [0.2, 0.25) is 0 Å². The van der Waals surface area contributed by atoms with Crippen molar-refractivity contribution in [2.24, 2.45) is 0 Å². The van der Waals surface area contributed by atoms with Gasteiger partial charge in [-0.1, -0.05) is 17.7 Å². The molecule has 1 aromatic carbocycles. The van der Waals surface area contributed by atoms with Crippen LogP contribution in [0.4, 0.5) is 0 Å². The number of carbonyl (C=O) groups is 1. The van der Waals surface area contributed by atoms with Gasteiger partial charge >= 0.3 is 5.97 Å². The zero-order valence-corrected chi connectivity index (χ0v) is 12.7. The molecule has 1 N–H and O–H groups in total. The van der Waals surface area contributed by atoms with Gasteiger partial charge in [0.05, 0.1) is 13.0 Å². The molecular weight excluding hydrogens is 238 g/mol. The average Bonchev–Trinajstić information content (AvgIpc) is 2.27. The molecule has 3 nitrogen and oxygen atoms in total. The van der Waals surface area contributed by atoms with E-state index in [-0.39, 0.29) is 12.0 Å². The Balaban J connectivity index is 2.59. The summed E-state index contributed by atoms with van der Waals surface area (Å²) in [4.78, 5) is 11.3. The van der Waals surface area contributed by atoms with E-state index in [2.05, 4.69) is 45.1 Å². The van der Waals surface area contributed by atoms with Crippen molar-refractivity contribution in [3.8, 4) is 0 Å². The van der Waals surface area contributed by atoms with Gasteiger partial charge < -0.3 is 10.1 Å². The first-order chi connectivity index (χ1) is 8.95. The molecule has 0 radical (unpaired) electrons. The molecule has 1 rings (SSSR count). The Kier molecular flexibility index (Phi) is 6.03. The van der Waals surface area contributed by atoms with Crippen LogP contribution in [0.15, 0.2) is 12.1 Å². The second-order valence-corrected chi connectivity index (χ2v) is 5.04. The summed E-state index contributed by atoms with van der Waals surface area (Å²) < 4.78 is 4.91. The van der Waals surface area contributed by atoms with Crippen molar-refractivity contribution in [3.63, 3.8) is 0 Å². The Morgan fingerprint density at radius 1 is 1.26 bits per heavy atom. The van der Waals surface area contributed by atoms with Gasteiger partial charge in [0, 0.05) is 12.6 Å². The summed E-state index contributed by atoms with van der Waals surface area (Å²) in [6, 6.07) is 4.65. The predicted octanol–water partition coefficient (Wildman–Crippen LogP) is 3.22. The number of benzene rings is 1. The number of carbonyl (C=O) groups excluding carboxylic acids is 1. The molecule has 0 saturated carbocycles. The largest absolute Gasteiger partial charge is 0.466 e. The van der Waals surface area contributed by atoms with Crippen LogP contribution in [0.25, 0.3) is 0 Å². The number of rotatable bonds is 6. The van der Waals surface area contributed by atoms with E-state index in [0.717, 1.165) is 0 Å². The molecule has 1 aromatic rings. The van der Waals surface area contributed by atoms with Crippen LogP contribution < -0.4 is 5.32 Å². The molecule has 0 aliphatic rings. The van der Waals surface area contributed by atoms with E-state index in [9.17, 15) is 4.79 Å². The van der Waals surface area contributed by atoms with Gasteiger partial charge in [0.1, 0.15) is 0 Å². The van der Waals surface area contributed by atoms with Crippen molar-refractivity contribution in [1.82, 2.24) is 5.32 Å². The summed E-state index contributed by atoms with van der Waals surface area (Å²) in [6.45, 7) is 11.4. The van der Waals surface area contributed by atoms with Crippen LogP contribution in [0.5, 0.6) is 0 Å². The molecule has 0 fully saturated rings. The van der Waals surface area contributed by atoms with Crippen molar-refractivity contribution in [2.45, 2.75) is 47.1 Å². The molecule has 19 heavy (non-hydrogen) atoms. The number of nitrogens with one attached hydrogen (secondary N) is 1. The molecule has 0 aromatic heterocycles. The standard InChI is InChI=1S/C16H25NO2/c1-6-19-15(18)7-8-17-14(5)16-12(3)9-11(2)10-13(16)4/h9-10,14,17H,6-8H2,1-5H3. The lowest BCUT2D eigenvalue weighted by molar-refractivity contribution is -0.143. The number of esters is 1. The lowest BCUT2D eigenvalue weighted by atomic mass is 9.95. The summed E-state index contributed by atoms with van der Waals surface area (Å²) >= 11 is 0. The van der Waals surface area contributed by atoms with Crippen molar-refractivity contribution in [2.75, 3.05) is 13.2 Å². The van der Waals surface area contributed by atoms with Crippen LogP contribution in [-0.2, 0) is 9.53 Å². The molecule has 0 saturated heterocycles. The van der Waals surface area contributed by atoms with Crippen LogP contribution in [0, 0.1) is 20.8 Å². The summed E-state index contributed by atoms with van der Waals surface area (Å²) in [7, 11) is 0. The maximum absolute atomic E-state index is 11.3. The molecule has 0 aliphatic heterocycles. The molecule has 3 heteroatoms. The van der Waals surface area contributed by atoms with Gasteiger partial charge in [0.25, 0.3) is 0 Å². The topological polar surface area (TPSA) is 38.3 Å². The molecule has 0 bridgehead atoms. The second-order valence-electron chi connectivity index (χ2n) is 5.04. The smallest absolute Gasteiger partial charge is 0.307 e. The summed E-state index contributed by atoms with van der Waals surface area (Å²) in [5, 5.41) is 3.39. The fourth-order valence-electron chi connectivity index (χ4n) is 2.60. The molecule has 0 aliphatic carbocycles. The zero-order chi connectivity index (χ0) is 14.4. The first-order valence-corrected chi connectivity index (χ1v) is 6.92. The van der Waals surface area contributed by atoms with Gasteiger partial charge in [-0.15, -0.1) is 0 Å². The fraction of sp³-hybridized carbons (Fsp3) is 0.562. The van der Waals surface area contributed by atoms with Crippen molar-refractivity contribution in [1.29, 1.82) is 0 Å². The first-order valence-electron chi connectivity index (χ1n) is 6.92. The van der Waals surface area contributed by atoms with Crippen LogP contribution >= 0.6 is 0 Å². The zero-order valence-electron chi connectivity index (χ0n) is 12.7. The quantitative estimate of drug-likeness (QED) is 0.801. The lowest BCUT2D eigenvalue weighted by Gasteiger charge is -2.19. The van der Waals surface area contributed by atoms with E-state index in [1.165, 1.54) is 22.3 Å². The van der Waals surface area contributed by atoms with E-state index in [0.29, 0.717) is 19.6 Å². The lowest BCUT2D eigenvalue weighted by Crippen LogP contribution is -2.24. The summed E-state index contributed by atoms with van der Waals surface area (Å²) in [5.74, 6) is -0.139. The number of ether oxygens (including phenoxy) is 1. The van der Waals surface area contributed by atoms with Crippen molar-refractivity contribution < 1.29 is 9.53 Å². The van der Waals surface area contributed by atoms with Crippen LogP contribution in [-0.4, -0.2) is 19.1 Å². The predicted molar refractivity (Wildman–Crippen MR) is 78.3 cm³/mol. The van der Waals surface area contributed by atoms with E-state index in [4.69, 9.17) is 4.74 Å².